The second-order valence-corrected chi connectivity index (χ2v) is 5.25. The minimum atomic E-state index is -1.16. The maximum atomic E-state index is 13.5. The lowest BCUT2D eigenvalue weighted by molar-refractivity contribution is -0.123. The third kappa shape index (κ3) is 3.44. The van der Waals surface area contributed by atoms with E-state index in [4.69, 9.17) is 4.74 Å². The number of aromatic nitrogens is 4. The molecule has 0 saturated heterocycles. The van der Waals surface area contributed by atoms with Gasteiger partial charge in [0.2, 0.25) is 0 Å². The molecule has 1 amide bonds. The Morgan fingerprint density at radius 3 is 2.76 bits per heavy atom. The molecule has 0 aliphatic heterocycles. The fourth-order valence-corrected chi connectivity index (χ4v) is 2.06. The number of nitrogens with one attached hydrogen (secondary N) is 1. The Morgan fingerprint density at radius 1 is 1.28 bits per heavy atom. The SMILES string of the molecule is Cc1ccnc2nc(C(=O)OC(C)C(=O)Nc3ccccc3F)nn12. The van der Waals surface area contributed by atoms with Crippen LogP contribution in [-0.4, -0.2) is 37.6 Å². The zero-order valence-corrected chi connectivity index (χ0v) is 13.4. The molecule has 0 fully saturated rings. The molecule has 0 spiro atoms. The van der Waals surface area contributed by atoms with Crippen molar-refractivity contribution in [1.82, 2.24) is 19.6 Å². The Bertz CT molecular complexity index is 956. The highest BCUT2D eigenvalue weighted by Gasteiger charge is 2.23. The summed E-state index contributed by atoms with van der Waals surface area (Å²) in [7, 11) is 0. The molecular weight excluding hydrogens is 329 g/mol. The normalized spacial score (nSPS) is 12.0. The zero-order chi connectivity index (χ0) is 18.0. The van der Waals surface area contributed by atoms with Crippen LogP contribution in [0.4, 0.5) is 10.1 Å². The smallest absolute Gasteiger partial charge is 0.379 e. The van der Waals surface area contributed by atoms with Gasteiger partial charge in [-0.05, 0) is 32.0 Å². The molecule has 25 heavy (non-hydrogen) atoms. The molecule has 0 radical (unpaired) electrons. The molecule has 0 aliphatic carbocycles. The Morgan fingerprint density at radius 2 is 2.04 bits per heavy atom. The molecule has 2 heterocycles. The molecule has 3 aromatic rings. The van der Waals surface area contributed by atoms with Crippen molar-refractivity contribution in [3.63, 3.8) is 0 Å². The average Bonchev–Trinajstić information content (AvgIpc) is 3.02. The van der Waals surface area contributed by atoms with Crippen LogP contribution in [0.1, 0.15) is 23.2 Å². The third-order valence-electron chi connectivity index (χ3n) is 3.40. The second-order valence-electron chi connectivity index (χ2n) is 5.25. The summed E-state index contributed by atoms with van der Waals surface area (Å²) in [5.41, 5.74) is 0.739. The number of aryl methyl sites for hydroxylation is 1. The summed E-state index contributed by atoms with van der Waals surface area (Å²) in [6.07, 6.45) is 0.381. The summed E-state index contributed by atoms with van der Waals surface area (Å²) in [4.78, 5) is 32.1. The monoisotopic (exact) mass is 343 g/mol. The highest BCUT2D eigenvalue weighted by molar-refractivity contribution is 5.96. The van der Waals surface area contributed by atoms with Gasteiger partial charge in [-0.25, -0.2) is 18.7 Å². The highest BCUT2D eigenvalue weighted by atomic mass is 19.1. The van der Waals surface area contributed by atoms with E-state index in [1.807, 2.05) is 0 Å². The first-order valence-electron chi connectivity index (χ1n) is 7.40. The van der Waals surface area contributed by atoms with Crippen LogP contribution in [-0.2, 0) is 9.53 Å². The maximum Gasteiger partial charge on any atom is 0.379 e. The quantitative estimate of drug-likeness (QED) is 0.725. The molecule has 1 atom stereocenters. The van der Waals surface area contributed by atoms with Crippen molar-refractivity contribution >= 4 is 23.3 Å². The first-order chi connectivity index (χ1) is 12.0. The van der Waals surface area contributed by atoms with Gasteiger partial charge in [0.05, 0.1) is 5.69 Å². The van der Waals surface area contributed by atoms with E-state index in [-0.39, 0.29) is 17.3 Å². The minimum Gasteiger partial charge on any atom is -0.447 e. The number of para-hydroxylation sites is 1. The second kappa shape index (κ2) is 6.63. The number of ether oxygens (including phenoxy) is 1. The lowest BCUT2D eigenvalue weighted by atomic mass is 10.3. The van der Waals surface area contributed by atoms with Gasteiger partial charge in [-0.2, -0.15) is 4.98 Å². The molecule has 0 aliphatic rings. The summed E-state index contributed by atoms with van der Waals surface area (Å²) < 4.78 is 20.0. The Kier molecular flexibility index (Phi) is 4.38. The van der Waals surface area contributed by atoms with Crippen LogP contribution in [0.25, 0.3) is 5.78 Å². The number of esters is 1. The van der Waals surface area contributed by atoms with Gasteiger partial charge in [0.15, 0.2) is 6.10 Å². The van der Waals surface area contributed by atoms with Crippen molar-refractivity contribution in [1.29, 1.82) is 0 Å². The number of rotatable bonds is 4. The van der Waals surface area contributed by atoms with Crippen LogP contribution < -0.4 is 5.32 Å². The van der Waals surface area contributed by atoms with E-state index in [0.717, 1.165) is 5.69 Å². The lowest BCUT2D eigenvalue weighted by Gasteiger charge is -2.12. The van der Waals surface area contributed by atoms with Crippen LogP contribution in [0.2, 0.25) is 0 Å². The first-order valence-corrected chi connectivity index (χ1v) is 7.40. The van der Waals surface area contributed by atoms with E-state index in [1.54, 1.807) is 25.3 Å². The van der Waals surface area contributed by atoms with E-state index in [1.165, 1.54) is 29.6 Å². The summed E-state index contributed by atoms with van der Waals surface area (Å²) >= 11 is 0. The van der Waals surface area contributed by atoms with Gasteiger partial charge in [0, 0.05) is 11.9 Å². The summed E-state index contributed by atoms with van der Waals surface area (Å²) in [5.74, 6) is -2.10. The predicted molar refractivity (Wildman–Crippen MR) is 85.4 cm³/mol. The molecule has 1 aromatic carbocycles. The largest absolute Gasteiger partial charge is 0.447 e. The van der Waals surface area contributed by atoms with Gasteiger partial charge >= 0.3 is 5.97 Å². The number of carbonyl (C=O) groups excluding carboxylic acids is 2. The Labute approximate surface area is 141 Å². The number of fused-ring (bicyclic) bond motifs is 1. The van der Waals surface area contributed by atoms with Gasteiger partial charge in [0.25, 0.3) is 17.5 Å². The Hall–Kier alpha value is -3.36. The molecule has 1 unspecified atom stereocenters. The zero-order valence-electron chi connectivity index (χ0n) is 13.4. The van der Waals surface area contributed by atoms with Crippen molar-refractivity contribution in [2.75, 3.05) is 5.32 Å². The summed E-state index contributed by atoms with van der Waals surface area (Å²) in [6.45, 7) is 3.15. The summed E-state index contributed by atoms with van der Waals surface area (Å²) in [5, 5.41) is 6.35. The van der Waals surface area contributed by atoms with E-state index in [0.29, 0.717) is 0 Å². The maximum absolute atomic E-state index is 13.5. The standard InChI is InChI=1S/C16H14FN5O3/c1-9-7-8-18-16-20-13(21-22(9)16)15(24)25-10(2)14(23)19-12-6-4-3-5-11(12)17/h3-8,10H,1-2H3,(H,19,23). The molecule has 3 rings (SSSR count). The molecule has 9 heteroatoms. The molecule has 2 aromatic heterocycles. The first kappa shape index (κ1) is 16.5. The molecule has 1 N–H and O–H groups in total. The van der Waals surface area contributed by atoms with Crippen LogP contribution in [0.15, 0.2) is 36.5 Å². The molecular formula is C16H14FN5O3. The van der Waals surface area contributed by atoms with E-state index in [2.05, 4.69) is 20.4 Å². The number of halogens is 1. The van der Waals surface area contributed by atoms with Gasteiger partial charge in [-0.15, -0.1) is 5.10 Å². The number of amides is 1. The molecule has 0 bridgehead atoms. The minimum absolute atomic E-state index is 0.000999. The van der Waals surface area contributed by atoms with Gasteiger partial charge in [-0.1, -0.05) is 12.1 Å². The topological polar surface area (TPSA) is 98.5 Å². The summed E-state index contributed by atoms with van der Waals surface area (Å²) in [6, 6.07) is 7.40. The van der Waals surface area contributed by atoms with Crippen molar-refractivity contribution in [3.8, 4) is 0 Å². The van der Waals surface area contributed by atoms with Crippen LogP contribution in [0.3, 0.4) is 0 Å². The number of anilines is 1. The van der Waals surface area contributed by atoms with Crippen LogP contribution in [0, 0.1) is 12.7 Å². The van der Waals surface area contributed by atoms with Crippen molar-refractivity contribution < 1.29 is 18.7 Å². The van der Waals surface area contributed by atoms with E-state index in [9.17, 15) is 14.0 Å². The predicted octanol–water partition coefficient (Wildman–Crippen LogP) is 1.76. The fraction of sp³-hybridized carbons (Fsp3) is 0.188. The third-order valence-corrected chi connectivity index (χ3v) is 3.40. The highest BCUT2D eigenvalue weighted by Crippen LogP contribution is 2.13. The average molecular weight is 343 g/mol. The molecule has 0 saturated carbocycles. The molecule has 8 nitrogen and oxygen atoms in total. The number of hydrogen-bond acceptors (Lipinski definition) is 6. The molecule has 128 valence electrons. The van der Waals surface area contributed by atoms with Gasteiger partial charge < -0.3 is 10.1 Å². The number of carbonyl (C=O) groups is 2. The van der Waals surface area contributed by atoms with Gasteiger partial charge in [-0.3, -0.25) is 4.79 Å². The van der Waals surface area contributed by atoms with Crippen LogP contribution >= 0.6 is 0 Å². The van der Waals surface area contributed by atoms with E-state index < -0.39 is 23.8 Å². The van der Waals surface area contributed by atoms with Gasteiger partial charge in [0.1, 0.15) is 5.82 Å². The number of benzene rings is 1. The van der Waals surface area contributed by atoms with Crippen LogP contribution in [0.5, 0.6) is 0 Å². The van der Waals surface area contributed by atoms with Crippen molar-refractivity contribution in [2.45, 2.75) is 20.0 Å². The Balaban J connectivity index is 1.70. The number of hydrogen-bond donors (Lipinski definition) is 1. The van der Waals surface area contributed by atoms with Crippen molar-refractivity contribution in [2.24, 2.45) is 0 Å². The lowest BCUT2D eigenvalue weighted by Crippen LogP contribution is -2.30. The van der Waals surface area contributed by atoms with E-state index >= 15 is 0 Å². The number of nitrogens with zero attached hydrogens (tertiary/aromatic N) is 4. The van der Waals surface area contributed by atoms with Crippen molar-refractivity contribution in [3.05, 3.63) is 53.9 Å². The fourth-order valence-electron chi connectivity index (χ4n) is 2.06.